The minimum absolute atomic E-state index is 0.0362. The summed E-state index contributed by atoms with van der Waals surface area (Å²) >= 11 is 0. The molecule has 1 aromatic carbocycles. The van der Waals surface area contributed by atoms with Crippen molar-refractivity contribution in [2.45, 2.75) is 0 Å². The van der Waals surface area contributed by atoms with Crippen LogP contribution in [0.2, 0.25) is 0 Å². The van der Waals surface area contributed by atoms with Gasteiger partial charge < -0.3 is 9.84 Å². The first-order valence-electron chi connectivity index (χ1n) is 4.44. The largest absolute Gasteiger partial charge is 0.364 e. The summed E-state index contributed by atoms with van der Waals surface area (Å²) in [5.41, 5.74) is -0.427. The first-order chi connectivity index (χ1) is 8.09. The summed E-state index contributed by atoms with van der Waals surface area (Å²) in [4.78, 5) is 11.4. The number of hydrogen-bond donors (Lipinski definition) is 1. The van der Waals surface area contributed by atoms with Gasteiger partial charge in [-0.2, -0.15) is 0 Å². The standard InChI is InChI=1S/C10H5F3N2O2/c11-6-1-2-7(9(13)8(6)12)15-10(16)5-3-14-17-4-5/h1-4H,(H,15,16). The predicted molar refractivity (Wildman–Crippen MR) is 50.8 cm³/mol. The van der Waals surface area contributed by atoms with E-state index in [-0.39, 0.29) is 5.56 Å². The van der Waals surface area contributed by atoms with Crippen molar-refractivity contribution < 1.29 is 22.5 Å². The van der Waals surface area contributed by atoms with Gasteiger partial charge in [0.1, 0.15) is 6.26 Å². The van der Waals surface area contributed by atoms with E-state index in [4.69, 9.17) is 0 Å². The van der Waals surface area contributed by atoms with Crippen LogP contribution >= 0.6 is 0 Å². The normalized spacial score (nSPS) is 10.3. The van der Waals surface area contributed by atoms with E-state index in [0.717, 1.165) is 18.5 Å². The summed E-state index contributed by atoms with van der Waals surface area (Å²) < 4.78 is 43.1. The second kappa shape index (κ2) is 4.28. The maximum absolute atomic E-state index is 13.2. The van der Waals surface area contributed by atoms with E-state index < -0.39 is 29.0 Å². The molecule has 1 N–H and O–H groups in total. The molecule has 0 saturated heterocycles. The average molecular weight is 242 g/mol. The quantitative estimate of drug-likeness (QED) is 0.822. The van der Waals surface area contributed by atoms with Crippen molar-refractivity contribution in [2.75, 3.05) is 5.32 Å². The van der Waals surface area contributed by atoms with Gasteiger partial charge in [-0.15, -0.1) is 0 Å². The molecule has 0 fully saturated rings. The molecule has 2 aromatic rings. The maximum Gasteiger partial charge on any atom is 0.260 e. The maximum atomic E-state index is 13.2. The van der Waals surface area contributed by atoms with Crippen LogP contribution in [0.4, 0.5) is 18.9 Å². The molecular weight excluding hydrogens is 237 g/mol. The van der Waals surface area contributed by atoms with E-state index in [1.165, 1.54) is 0 Å². The number of benzene rings is 1. The average Bonchev–Trinajstić information content (AvgIpc) is 2.83. The van der Waals surface area contributed by atoms with Crippen LogP contribution in [-0.2, 0) is 0 Å². The number of halogens is 3. The lowest BCUT2D eigenvalue weighted by Gasteiger charge is -2.05. The predicted octanol–water partition coefficient (Wildman–Crippen LogP) is 2.34. The van der Waals surface area contributed by atoms with Gasteiger partial charge in [-0.1, -0.05) is 5.16 Å². The number of nitrogens with zero attached hydrogens (tertiary/aromatic N) is 1. The van der Waals surface area contributed by atoms with E-state index in [2.05, 4.69) is 15.0 Å². The SMILES string of the molecule is O=C(Nc1ccc(F)c(F)c1F)c1cnoc1. The highest BCUT2D eigenvalue weighted by Crippen LogP contribution is 2.20. The molecule has 1 aromatic heterocycles. The zero-order chi connectivity index (χ0) is 12.4. The Balaban J connectivity index is 2.25. The molecule has 0 radical (unpaired) electrons. The van der Waals surface area contributed by atoms with Crippen LogP contribution in [-0.4, -0.2) is 11.1 Å². The fourth-order valence-corrected chi connectivity index (χ4v) is 1.13. The molecule has 0 aliphatic rings. The number of rotatable bonds is 2. The fraction of sp³-hybridized carbons (Fsp3) is 0. The summed E-state index contributed by atoms with van der Waals surface area (Å²) in [7, 11) is 0. The van der Waals surface area contributed by atoms with Crippen molar-refractivity contribution in [3.63, 3.8) is 0 Å². The number of hydrogen-bond acceptors (Lipinski definition) is 3. The van der Waals surface area contributed by atoms with E-state index in [9.17, 15) is 18.0 Å². The summed E-state index contributed by atoms with van der Waals surface area (Å²) in [6.07, 6.45) is 2.14. The highest BCUT2D eigenvalue weighted by atomic mass is 19.2. The van der Waals surface area contributed by atoms with Gasteiger partial charge in [0, 0.05) is 0 Å². The van der Waals surface area contributed by atoms with Crippen LogP contribution in [0.5, 0.6) is 0 Å². The molecule has 17 heavy (non-hydrogen) atoms. The third-order valence-electron chi connectivity index (χ3n) is 1.98. The van der Waals surface area contributed by atoms with Crippen molar-refractivity contribution in [1.29, 1.82) is 0 Å². The zero-order valence-corrected chi connectivity index (χ0v) is 8.21. The second-order valence-electron chi connectivity index (χ2n) is 3.09. The van der Waals surface area contributed by atoms with Crippen LogP contribution in [0.1, 0.15) is 10.4 Å². The summed E-state index contributed by atoms with van der Waals surface area (Å²) in [5, 5.41) is 5.34. The monoisotopic (exact) mass is 242 g/mol. The number of carbonyl (C=O) groups is 1. The van der Waals surface area contributed by atoms with E-state index in [1.807, 2.05) is 0 Å². The third-order valence-corrected chi connectivity index (χ3v) is 1.98. The summed E-state index contributed by atoms with van der Waals surface area (Å²) in [5.74, 6) is -5.18. The lowest BCUT2D eigenvalue weighted by atomic mass is 10.2. The van der Waals surface area contributed by atoms with Crippen molar-refractivity contribution >= 4 is 11.6 Å². The molecule has 0 aliphatic heterocycles. The van der Waals surface area contributed by atoms with Crippen LogP contribution < -0.4 is 5.32 Å². The minimum atomic E-state index is -1.65. The van der Waals surface area contributed by atoms with Crippen LogP contribution in [0.3, 0.4) is 0 Å². The molecule has 1 amide bonds. The Kier molecular flexibility index (Phi) is 2.82. The Labute approximate surface area is 93.0 Å². The Bertz CT molecular complexity index is 555. The lowest BCUT2D eigenvalue weighted by molar-refractivity contribution is 0.102. The molecule has 0 saturated carbocycles. The number of nitrogens with one attached hydrogen (secondary N) is 1. The Morgan fingerprint density at radius 1 is 1.24 bits per heavy atom. The first kappa shape index (κ1) is 11.2. The topological polar surface area (TPSA) is 55.1 Å². The van der Waals surface area contributed by atoms with Gasteiger partial charge >= 0.3 is 0 Å². The highest BCUT2D eigenvalue weighted by Gasteiger charge is 2.16. The summed E-state index contributed by atoms with van der Waals surface area (Å²) in [6.45, 7) is 0. The van der Waals surface area contributed by atoms with Crippen molar-refractivity contribution in [1.82, 2.24) is 5.16 Å². The van der Waals surface area contributed by atoms with Crippen LogP contribution in [0.25, 0.3) is 0 Å². The van der Waals surface area contributed by atoms with Crippen molar-refractivity contribution in [2.24, 2.45) is 0 Å². The smallest absolute Gasteiger partial charge is 0.260 e. The van der Waals surface area contributed by atoms with E-state index in [0.29, 0.717) is 6.07 Å². The molecule has 1 heterocycles. The van der Waals surface area contributed by atoms with E-state index >= 15 is 0 Å². The molecule has 0 spiro atoms. The Morgan fingerprint density at radius 3 is 2.65 bits per heavy atom. The van der Waals surface area contributed by atoms with Gasteiger partial charge in [-0.3, -0.25) is 4.79 Å². The van der Waals surface area contributed by atoms with Crippen LogP contribution in [0, 0.1) is 17.5 Å². The van der Waals surface area contributed by atoms with Gasteiger partial charge in [-0.25, -0.2) is 13.2 Å². The van der Waals surface area contributed by atoms with Gasteiger partial charge in [0.2, 0.25) is 0 Å². The number of carbonyl (C=O) groups excluding carboxylic acids is 1. The van der Waals surface area contributed by atoms with E-state index in [1.54, 1.807) is 0 Å². The molecule has 7 heteroatoms. The minimum Gasteiger partial charge on any atom is -0.364 e. The van der Waals surface area contributed by atoms with Gasteiger partial charge in [-0.05, 0) is 12.1 Å². The molecule has 88 valence electrons. The third kappa shape index (κ3) is 2.12. The van der Waals surface area contributed by atoms with Crippen molar-refractivity contribution in [3.8, 4) is 0 Å². The summed E-state index contributed by atoms with van der Waals surface area (Å²) in [6, 6.07) is 1.63. The molecule has 4 nitrogen and oxygen atoms in total. The van der Waals surface area contributed by atoms with Gasteiger partial charge in [0.05, 0.1) is 17.4 Å². The van der Waals surface area contributed by atoms with Gasteiger partial charge in [0.15, 0.2) is 17.5 Å². The number of aromatic nitrogens is 1. The fourth-order valence-electron chi connectivity index (χ4n) is 1.13. The Morgan fingerprint density at radius 2 is 2.00 bits per heavy atom. The number of amides is 1. The zero-order valence-electron chi connectivity index (χ0n) is 8.21. The molecule has 0 atom stereocenters. The van der Waals surface area contributed by atoms with Crippen LogP contribution in [0.15, 0.2) is 29.1 Å². The molecule has 0 aliphatic carbocycles. The molecule has 0 bridgehead atoms. The van der Waals surface area contributed by atoms with Crippen molar-refractivity contribution in [3.05, 3.63) is 47.6 Å². The molecular formula is C10H5F3N2O2. The number of anilines is 1. The molecule has 0 unspecified atom stereocenters. The second-order valence-corrected chi connectivity index (χ2v) is 3.09. The first-order valence-corrected chi connectivity index (χ1v) is 4.44. The molecule has 2 rings (SSSR count). The Hall–Kier alpha value is -2.31. The highest BCUT2D eigenvalue weighted by molar-refractivity contribution is 6.03. The van der Waals surface area contributed by atoms with Gasteiger partial charge in [0.25, 0.3) is 5.91 Å². The lowest BCUT2D eigenvalue weighted by Crippen LogP contribution is -2.13.